The Balaban J connectivity index is 0.000000430. The highest BCUT2D eigenvalue weighted by atomic mass is 16.5. The lowest BCUT2D eigenvalue weighted by atomic mass is 10.2. The van der Waals surface area contributed by atoms with Crippen LogP contribution >= 0.6 is 0 Å². The minimum absolute atomic E-state index is 0.698. The molecule has 0 N–H and O–H groups in total. The average Bonchev–Trinajstić information content (AvgIpc) is 2.79. The number of hydrogen-bond donors (Lipinski definition) is 0. The minimum Gasteiger partial charge on any atom is -0.453 e. The van der Waals surface area contributed by atoms with E-state index in [1.165, 1.54) is 0 Å². The maximum atomic E-state index is 5.92. The number of fused-ring (bicyclic) bond motifs is 4. The first-order valence-corrected chi connectivity index (χ1v) is 10.0. The van der Waals surface area contributed by atoms with Crippen molar-refractivity contribution in [2.24, 2.45) is 9.98 Å². The summed E-state index contributed by atoms with van der Waals surface area (Å²) < 4.78 is 11.8. The molecule has 5 rings (SSSR count). The van der Waals surface area contributed by atoms with Crippen molar-refractivity contribution in [1.82, 2.24) is 0 Å². The Morgan fingerprint density at radius 1 is 0.500 bits per heavy atom. The third-order valence-corrected chi connectivity index (χ3v) is 3.69. The van der Waals surface area contributed by atoms with Crippen molar-refractivity contribution in [3.8, 4) is 23.0 Å². The van der Waals surface area contributed by atoms with Gasteiger partial charge >= 0.3 is 0 Å². The SMILES string of the molecule is CC.CC.CC.c1ccc2c(c1)N=c1cc3c(cc1O2)=Nc1ccccc1O3. The molecular formula is C24H28N2O2. The second-order valence-electron chi connectivity index (χ2n) is 5.15. The minimum atomic E-state index is 0.698. The Morgan fingerprint density at radius 2 is 0.857 bits per heavy atom. The molecule has 3 aromatic carbocycles. The third-order valence-electron chi connectivity index (χ3n) is 3.69. The summed E-state index contributed by atoms with van der Waals surface area (Å²) >= 11 is 0. The van der Waals surface area contributed by atoms with Crippen LogP contribution in [-0.4, -0.2) is 0 Å². The van der Waals surface area contributed by atoms with Crippen LogP contribution in [0.1, 0.15) is 41.5 Å². The molecular weight excluding hydrogens is 348 g/mol. The first kappa shape index (κ1) is 21.2. The van der Waals surface area contributed by atoms with E-state index < -0.39 is 0 Å². The first-order chi connectivity index (χ1) is 13.9. The predicted octanol–water partition coefficient (Wildman–Crippen LogP) is 6.88. The molecule has 3 aromatic rings. The van der Waals surface area contributed by atoms with Crippen LogP contribution in [0.3, 0.4) is 0 Å². The fraction of sp³-hybridized carbons (Fsp3) is 0.250. The molecule has 0 unspecified atom stereocenters. The van der Waals surface area contributed by atoms with E-state index in [1.807, 2.05) is 102 Å². The van der Waals surface area contributed by atoms with E-state index in [0.29, 0.717) is 11.5 Å². The zero-order valence-electron chi connectivity index (χ0n) is 17.5. The molecule has 0 aromatic heterocycles. The quantitative estimate of drug-likeness (QED) is 0.296. The van der Waals surface area contributed by atoms with Gasteiger partial charge in [-0.05, 0) is 24.3 Å². The summed E-state index contributed by atoms with van der Waals surface area (Å²) in [5.41, 5.74) is 1.64. The van der Waals surface area contributed by atoms with Crippen molar-refractivity contribution in [1.29, 1.82) is 0 Å². The molecule has 28 heavy (non-hydrogen) atoms. The van der Waals surface area contributed by atoms with Gasteiger partial charge in [0.2, 0.25) is 0 Å². The van der Waals surface area contributed by atoms with E-state index in [4.69, 9.17) is 9.47 Å². The molecule has 4 nitrogen and oxygen atoms in total. The molecule has 0 radical (unpaired) electrons. The zero-order chi connectivity index (χ0) is 20.5. The van der Waals surface area contributed by atoms with Gasteiger partial charge in [0.25, 0.3) is 0 Å². The second-order valence-corrected chi connectivity index (χ2v) is 5.15. The molecule has 146 valence electrons. The molecule has 0 spiro atoms. The van der Waals surface area contributed by atoms with Crippen molar-refractivity contribution in [3.63, 3.8) is 0 Å². The topological polar surface area (TPSA) is 43.2 Å². The smallest absolute Gasteiger partial charge is 0.155 e. The normalized spacial score (nSPS) is 10.9. The van der Waals surface area contributed by atoms with Crippen LogP contribution in [0.4, 0.5) is 11.4 Å². The van der Waals surface area contributed by atoms with Crippen LogP contribution in [0.5, 0.6) is 23.0 Å². The van der Waals surface area contributed by atoms with Gasteiger partial charge in [0.1, 0.15) is 22.1 Å². The summed E-state index contributed by atoms with van der Waals surface area (Å²) in [5, 5.41) is 1.51. The molecule has 0 fully saturated rings. The van der Waals surface area contributed by atoms with Crippen molar-refractivity contribution in [2.75, 3.05) is 0 Å². The van der Waals surface area contributed by atoms with Gasteiger partial charge in [-0.3, -0.25) is 0 Å². The molecule has 4 heteroatoms. The standard InChI is InChI=1S/C18H10N2O2.3C2H6/c1-3-7-15-11(5-1)19-13-9-18-14(10-17(13)21-15)20-12-6-2-4-8-16(12)22-18;3*1-2/h1-10H;3*1-2H3. The van der Waals surface area contributed by atoms with E-state index >= 15 is 0 Å². The van der Waals surface area contributed by atoms with Crippen LogP contribution in [0.15, 0.2) is 70.6 Å². The van der Waals surface area contributed by atoms with Crippen LogP contribution in [0.2, 0.25) is 0 Å². The lowest BCUT2D eigenvalue weighted by Crippen LogP contribution is -2.18. The van der Waals surface area contributed by atoms with E-state index in [9.17, 15) is 0 Å². The molecule has 0 saturated heterocycles. The number of benzene rings is 3. The molecule has 0 aliphatic carbocycles. The summed E-state index contributed by atoms with van der Waals surface area (Å²) in [6.07, 6.45) is 0. The number of hydrogen-bond acceptors (Lipinski definition) is 4. The Bertz CT molecular complexity index is 957. The van der Waals surface area contributed by atoms with Gasteiger partial charge in [-0.1, -0.05) is 65.8 Å². The van der Waals surface area contributed by atoms with Crippen LogP contribution in [-0.2, 0) is 0 Å². The number of nitrogens with zero attached hydrogens (tertiary/aromatic N) is 2. The van der Waals surface area contributed by atoms with Crippen LogP contribution < -0.4 is 20.2 Å². The van der Waals surface area contributed by atoms with Gasteiger partial charge in [-0.2, -0.15) is 0 Å². The van der Waals surface area contributed by atoms with Crippen molar-refractivity contribution in [3.05, 3.63) is 71.4 Å². The van der Waals surface area contributed by atoms with Gasteiger partial charge in [-0.15, -0.1) is 0 Å². The van der Waals surface area contributed by atoms with Crippen molar-refractivity contribution < 1.29 is 9.47 Å². The Morgan fingerprint density at radius 3 is 1.25 bits per heavy atom. The predicted molar refractivity (Wildman–Crippen MR) is 115 cm³/mol. The van der Waals surface area contributed by atoms with Crippen molar-refractivity contribution >= 4 is 11.4 Å². The van der Waals surface area contributed by atoms with E-state index in [1.54, 1.807) is 0 Å². The second kappa shape index (κ2) is 10.3. The molecule has 0 atom stereocenters. The number of ether oxygens (including phenoxy) is 2. The fourth-order valence-corrected chi connectivity index (χ4v) is 2.64. The first-order valence-electron chi connectivity index (χ1n) is 10.0. The summed E-state index contributed by atoms with van der Waals surface area (Å²) in [7, 11) is 0. The molecule has 2 aliphatic rings. The van der Waals surface area contributed by atoms with E-state index in [0.717, 1.165) is 33.6 Å². The molecule has 2 aliphatic heterocycles. The maximum Gasteiger partial charge on any atom is 0.155 e. The number of rotatable bonds is 0. The summed E-state index contributed by atoms with van der Waals surface area (Å²) in [6.45, 7) is 12.0. The zero-order valence-corrected chi connectivity index (χ0v) is 17.5. The van der Waals surface area contributed by atoms with Crippen molar-refractivity contribution in [2.45, 2.75) is 41.5 Å². The highest BCUT2D eigenvalue weighted by Crippen LogP contribution is 2.36. The fourth-order valence-electron chi connectivity index (χ4n) is 2.64. The van der Waals surface area contributed by atoms with E-state index in [-0.39, 0.29) is 0 Å². The average molecular weight is 377 g/mol. The molecule has 0 bridgehead atoms. The monoisotopic (exact) mass is 376 g/mol. The molecule has 0 saturated carbocycles. The van der Waals surface area contributed by atoms with Gasteiger partial charge < -0.3 is 9.47 Å². The lowest BCUT2D eigenvalue weighted by molar-refractivity contribution is 0.451. The van der Waals surface area contributed by atoms with Gasteiger partial charge in [-0.25, -0.2) is 9.98 Å². The van der Waals surface area contributed by atoms with E-state index in [2.05, 4.69) is 9.98 Å². The number of para-hydroxylation sites is 4. The Labute approximate surface area is 167 Å². The summed E-state index contributed by atoms with van der Waals surface area (Å²) in [4.78, 5) is 9.25. The largest absolute Gasteiger partial charge is 0.453 e. The molecule has 0 amide bonds. The van der Waals surface area contributed by atoms with Crippen LogP contribution in [0.25, 0.3) is 0 Å². The van der Waals surface area contributed by atoms with Gasteiger partial charge in [0.15, 0.2) is 23.0 Å². The molecule has 2 heterocycles. The maximum absolute atomic E-state index is 5.92. The van der Waals surface area contributed by atoms with Crippen LogP contribution in [0, 0.1) is 0 Å². The third kappa shape index (κ3) is 4.22. The van der Waals surface area contributed by atoms with Gasteiger partial charge in [0, 0.05) is 12.1 Å². The summed E-state index contributed by atoms with van der Waals surface area (Å²) in [5.74, 6) is 2.91. The summed E-state index contributed by atoms with van der Waals surface area (Å²) in [6, 6.07) is 19.2. The highest BCUT2D eigenvalue weighted by molar-refractivity contribution is 5.58. The lowest BCUT2D eigenvalue weighted by Gasteiger charge is -2.17. The highest BCUT2D eigenvalue weighted by Gasteiger charge is 2.17. The van der Waals surface area contributed by atoms with Gasteiger partial charge in [0.05, 0.1) is 0 Å². The Hall–Kier alpha value is -3.14. The Kier molecular flexibility index (Phi) is 7.76.